The number of rotatable bonds is 4. The van der Waals surface area contributed by atoms with Gasteiger partial charge < -0.3 is 0 Å². The van der Waals surface area contributed by atoms with E-state index in [4.69, 9.17) is 11.6 Å². The van der Waals surface area contributed by atoms with Gasteiger partial charge in [0.2, 0.25) is 0 Å². The van der Waals surface area contributed by atoms with Gasteiger partial charge in [-0.2, -0.15) is 5.10 Å². The lowest BCUT2D eigenvalue weighted by Crippen LogP contribution is -2.27. The van der Waals surface area contributed by atoms with Gasteiger partial charge >= 0.3 is 0 Å². The monoisotopic (exact) mass is 409 g/mol. The topological polar surface area (TPSA) is 64.8 Å². The zero-order chi connectivity index (χ0) is 19.8. The van der Waals surface area contributed by atoms with Gasteiger partial charge in [-0.1, -0.05) is 53.6 Å². The van der Waals surface area contributed by atoms with E-state index in [1.54, 1.807) is 24.3 Å². The molecular weight excluding hydrogens is 394 g/mol. The summed E-state index contributed by atoms with van der Waals surface area (Å²) in [4.78, 5) is 29.9. The largest absolute Gasteiger partial charge is 0.294 e. The van der Waals surface area contributed by atoms with Crippen LogP contribution in [0.1, 0.15) is 20.9 Å². The molecule has 2 aromatic carbocycles. The number of nitrogens with zero attached hydrogens (tertiary/aromatic N) is 3. The molecule has 0 unspecified atom stereocenters. The quantitative estimate of drug-likeness (QED) is 0.459. The van der Waals surface area contributed by atoms with Crippen molar-refractivity contribution < 1.29 is 4.79 Å². The van der Waals surface area contributed by atoms with Crippen molar-refractivity contribution in [3.05, 3.63) is 80.0 Å². The number of thiazole rings is 1. The fourth-order valence-electron chi connectivity index (χ4n) is 2.94. The maximum Gasteiger partial charge on any atom is 0.294 e. The van der Waals surface area contributed by atoms with Crippen LogP contribution in [0.2, 0.25) is 5.02 Å². The number of fused-ring (bicyclic) bond motifs is 1. The first-order valence-electron chi connectivity index (χ1n) is 8.66. The Hall–Kier alpha value is -2.83. The molecule has 0 aliphatic rings. The molecule has 0 spiro atoms. The lowest BCUT2D eigenvalue weighted by Gasteiger charge is -2.08. The Kier molecular flexibility index (Phi) is 4.83. The van der Waals surface area contributed by atoms with E-state index >= 15 is 0 Å². The molecule has 4 aromatic rings. The highest BCUT2D eigenvalue weighted by molar-refractivity contribution is 7.19. The molecule has 28 heavy (non-hydrogen) atoms. The minimum absolute atomic E-state index is 0.144. The number of ketones is 1. The Balaban J connectivity index is 1.83. The van der Waals surface area contributed by atoms with Crippen LogP contribution in [0.4, 0.5) is 0 Å². The predicted molar refractivity (Wildman–Crippen MR) is 112 cm³/mol. The molecule has 0 N–H and O–H groups in total. The predicted octanol–water partition coefficient (Wildman–Crippen LogP) is 4.67. The van der Waals surface area contributed by atoms with Gasteiger partial charge in [-0.3, -0.25) is 9.59 Å². The van der Waals surface area contributed by atoms with Crippen LogP contribution in [0, 0.1) is 13.8 Å². The molecular formula is C21H16ClN3O2S. The highest BCUT2D eigenvalue weighted by Gasteiger charge is 2.18. The van der Waals surface area contributed by atoms with Crippen molar-refractivity contribution in [2.75, 3.05) is 0 Å². The number of carbonyl (C=O) groups is 1. The maximum absolute atomic E-state index is 12.9. The van der Waals surface area contributed by atoms with Crippen LogP contribution in [0.15, 0.2) is 53.3 Å². The van der Waals surface area contributed by atoms with Crippen LogP contribution in [0.3, 0.4) is 0 Å². The summed E-state index contributed by atoms with van der Waals surface area (Å²) in [6, 6.07) is 14.5. The highest BCUT2D eigenvalue weighted by atomic mass is 35.5. The fourth-order valence-corrected chi connectivity index (χ4v) is 3.98. The molecule has 5 nitrogen and oxygen atoms in total. The molecule has 2 aromatic heterocycles. The lowest BCUT2D eigenvalue weighted by molar-refractivity contribution is 0.0966. The number of halogens is 1. The number of carbonyl (C=O) groups excluding carboxylic acids is 1. The van der Waals surface area contributed by atoms with Crippen molar-refractivity contribution in [2.45, 2.75) is 20.4 Å². The van der Waals surface area contributed by atoms with Crippen molar-refractivity contribution in [3.63, 3.8) is 0 Å². The minimum Gasteiger partial charge on any atom is -0.292 e. The number of aromatic nitrogens is 3. The molecule has 0 bridgehead atoms. The number of benzene rings is 2. The van der Waals surface area contributed by atoms with Gasteiger partial charge in [0.05, 0.1) is 9.71 Å². The van der Waals surface area contributed by atoms with E-state index in [2.05, 4.69) is 10.1 Å². The number of Topliss-reactive ketones (excluding diaryl/α,β-unsaturated/α-hetero) is 1. The average Bonchev–Trinajstić information content (AvgIpc) is 3.07. The van der Waals surface area contributed by atoms with Crippen molar-refractivity contribution in [1.82, 2.24) is 14.8 Å². The number of hydrogen-bond donors (Lipinski definition) is 0. The van der Waals surface area contributed by atoms with Crippen molar-refractivity contribution in [3.8, 4) is 11.3 Å². The van der Waals surface area contributed by atoms with Crippen LogP contribution in [-0.2, 0) is 6.54 Å². The summed E-state index contributed by atoms with van der Waals surface area (Å²) >= 11 is 7.41. The van der Waals surface area contributed by atoms with Crippen molar-refractivity contribution in [1.29, 1.82) is 0 Å². The van der Waals surface area contributed by atoms with Gasteiger partial charge in [0.15, 0.2) is 11.3 Å². The summed E-state index contributed by atoms with van der Waals surface area (Å²) in [5.41, 5.74) is 3.01. The summed E-state index contributed by atoms with van der Waals surface area (Å²) in [5.74, 6) is -0.178. The zero-order valence-electron chi connectivity index (χ0n) is 15.3. The Morgan fingerprint density at radius 3 is 2.43 bits per heavy atom. The van der Waals surface area contributed by atoms with Gasteiger partial charge in [0.1, 0.15) is 12.2 Å². The molecule has 0 aliphatic carbocycles. The molecule has 2 heterocycles. The Morgan fingerprint density at radius 2 is 1.75 bits per heavy atom. The molecule has 0 radical (unpaired) electrons. The summed E-state index contributed by atoms with van der Waals surface area (Å²) in [6.45, 7) is 3.66. The summed E-state index contributed by atoms with van der Waals surface area (Å²) < 4.78 is 1.91. The first-order chi connectivity index (χ1) is 13.4. The average molecular weight is 410 g/mol. The zero-order valence-corrected chi connectivity index (χ0v) is 16.8. The molecule has 4 rings (SSSR count). The summed E-state index contributed by atoms with van der Waals surface area (Å²) in [6.07, 6.45) is 0. The van der Waals surface area contributed by atoms with Crippen LogP contribution in [0.5, 0.6) is 0 Å². The summed E-state index contributed by atoms with van der Waals surface area (Å²) in [7, 11) is 0. The van der Waals surface area contributed by atoms with Gasteiger partial charge in [-0.25, -0.2) is 9.67 Å². The molecule has 0 amide bonds. The van der Waals surface area contributed by atoms with E-state index in [-0.39, 0.29) is 17.9 Å². The van der Waals surface area contributed by atoms with Crippen LogP contribution in [0.25, 0.3) is 21.5 Å². The number of aryl methyl sites for hydroxylation is 2. The molecule has 0 aliphatic heterocycles. The third-order valence-electron chi connectivity index (χ3n) is 4.39. The Bertz CT molecular complexity index is 1240. The molecule has 0 saturated carbocycles. The van der Waals surface area contributed by atoms with E-state index in [1.807, 2.05) is 38.1 Å². The summed E-state index contributed by atoms with van der Waals surface area (Å²) in [5, 5.41) is 5.89. The van der Waals surface area contributed by atoms with E-state index in [0.717, 1.165) is 16.1 Å². The van der Waals surface area contributed by atoms with E-state index < -0.39 is 0 Å². The molecule has 0 atom stereocenters. The molecule has 7 heteroatoms. The fraction of sp³-hybridized carbons (Fsp3) is 0.143. The molecule has 0 saturated heterocycles. The van der Waals surface area contributed by atoms with Gasteiger partial charge in [-0.15, -0.1) is 11.3 Å². The third-order valence-corrected chi connectivity index (χ3v) is 5.62. The Morgan fingerprint density at radius 1 is 1.07 bits per heavy atom. The highest BCUT2D eigenvalue weighted by Crippen LogP contribution is 2.30. The van der Waals surface area contributed by atoms with E-state index in [0.29, 0.717) is 26.5 Å². The maximum atomic E-state index is 12.9. The van der Waals surface area contributed by atoms with Gasteiger partial charge in [0.25, 0.3) is 5.56 Å². The molecule has 0 fully saturated rings. The van der Waals surface area contributed by atoms with Crippen molar-refractivity contribution in [2.24, 2.45) is 0 Å². The normalized spacial score (nSPS) is 11.1. The van der Waals surface area contributed by atoms with Gasteiger partial charge in [-0.05, 0) is 26.0 Å². The van der Waals surface area contributed by atoms with Crippen molar-refractivity contribution >= 4 is 38.9 Å². The lowest BCUT2D eigenvalue weighted by atomic mass is 10.1. The Labute approximate surface area is 170 Å². The SMILES string of the molecule is Cc1ccc(C(=O)Cn2nc(-c3ccc(Cl)cc3)c3sc(C)nc3c2=O)cc1. The third kappa shape index (κ3) is 3.48. The second-order valence-electron chi connectivity index (χ2n) is 6.52. The smallest absolute Gasteiger partial charge is 0.292 e. The first-order valence-corrected chi connectivity index (χ1v) is 9.86. The molecule has 140 valence electrons. The first kappa shape index (κ1) is 18.5. The second kappa shape index (κ2) is 7.30. The van der Waals surface area contributed by atoms with Crippen LogP contribution in [-0.4, -0.2) is 20.5 Å². The van der Waals surface area contributed by atoms with Crippen LogP contribution >= 0.6 is 22.9 Å². The van der Waals surface area contributed by atoms with E-state index in [9.17, 15) is 9.59 Å². The number of hydrogen-bond acceptors (Lipinski definition) is 5. The minimum atomic E-state index is -0.363. The van der Waals surface area contributed by atoms with E-state index in [1.165, 1.54) is 16.0 Å². The van der Waals surface area contributed by atoms with Gasteiger partial charge in [0, 0.05) is 16.1 Å². The second-order valence-corrected chi connectivity index (χ2v) is 8.16. The standard InChI is InChI=1S/C21H16ClN3O2S/c1-12-3-5-14(6-4-12)17(26)11-25-21(27)19-20(28-13(2)23-19)18(24-25)15-7-9-16(22)10-8-15/h3-10H,11H2,1-2H3. The van der Waals surface area contributed by atoms with Crippen LogP contribution < -0.4 is 5.56 Å².